The smallest absolute Gasteiger partial charge is 0.173 e. The third-order valence-electron chi connectivity index (χ3n) is 5.06. The summed E-state index contributed by atoms with van der Waals surface area (Å²) in [5, 5.41) is 12.9. The number of furan rings is 1. The lowest BCUT2D eigenvalue weighted by molar-refractivity contribution is 0.100. The number of fused-ring (bicyclic) bond motifs is 1. The first-order chi connectivity index (χ1) is 14.1. The van der Waals surface area contributed by atoms with Crippen LogP contribution in [0, 0.1) is 0 Å². The highest BCUT2D eigenvalue weighted by atomic mass is 16.5. The van der Waals surface area contributed by atoms with E-state index in [1.165, 1.54) is 0 Å². The van der Waals surface area contributed by atoms with Gasteiger partial charge in [-0.1, -0.05) is 24.3 Å². The Hall–Kier alpha value is -3.44. The summed E-state index contributed by atoms with van der Waals surface area (Å²) in [4.78, 5) is 0. The Balaban J connectivity index is 1.97. The molecule has 0 radical (unpaired) electrons. The molecule has 1 N–H and O–H groups in total. The van der Waals surface area contributed by atoms with Gasteiger partial charge < -0.3 is 23.7 Å². The quantitative estimate of drug-likeness (QED) is 0.515. The Labute approximate surface area is 169 Å². The second-order valence-corrected chi connectivity index (χ2v) is 6.69. The summed E-state index contributed by atoms with van der Waals surface area (Å²) in [5.74, 6) is 2.36. The summed E-state index contributed by atoms with van der Waals surface area (Å²) in [6.07, 6.45) is 0. The van der Waals surface area contributed by atoms with Gasteiger partial charge >= 0.3 is 0 Å². The van der Waals surface area contributed by atoms with Crippen molar-refractivity contribution in [2.75, 3.05) is 21.3 Å². The van der Waals surface area contributed by atoms with Gasteiger partial charge in [0.15, 0.2) is 5.60 Å². The molecule has 0 aliphatic rings. The molecule has 4 aromatic rings. The van der Waals surface area contributed by atoms with Gasteiger partial charge in [-0.2, -0.15) is 0 Å². The van der Waals surface area contributed by atoms with Crippen molar-refractivity contribution < 1.29 is 23.7 Å². The van der Waals surface area contributed by atoms with Gasteiger partial charge in [-0.05, 0) is 53.6 Å². The Kier molecular flexibility index (Phi) is 4.91. The van der Waals surface area contributed by atoms with Gasteiger partial charge in [-0.3, -0.25) is 0 Å². The normalized spacial score (nSPS) is 11.4. The van der Waals surface area contributed by atoms with E-state index in [2.05, 4.69) is 0 Å². The highest BCUT2D eigenvalue weighted by Crippen LogP contribution is 2.41. The van der Waals surface area contributed by atoms with Gasteiger partial charge in [0.05, 0.1) is 21.3 Å². The van der Waals surface area contributed by atoms with E-state index in [1.807, 2.05) is 54.6 Å². The number of methoxy groups -OCH3 is 3. The minimum Gasteiger partial charge on any atom is -0.497 e. The first kappa shape index (κ1) is 18.9. The molecule has 0 aliphatic heterocycles. The summed E-state index contributed by atoms with van der Waals surface area (Å²) in [6, 6.07) is 22.0. The third kappa shape index (κ3) is 3.30. The minimum atomic E-state index is -1.55. The fourth-order valence-corrected chi connectivity index (χ4v) is 3.46. The van der Waals surface area contributed by atoms with E-state index < -0.39 is 5.60 Å². The number of benzene rings is 3. The molecule has 1 heterocycles. The average molecular weight is 390 g/mol. The lowest BCUT2D eigenvalue weighted by Crippen LogP contribution is -2.28. The predicted octanol–water partition coefficient (Wildman–Crippen LogP) is 4.74. The minimum absolute atomic E-state index is 0.391. The van der Waals surface area contributed by atoms with Crippen molar-refractivity contribution in [2.45, 2.75) is 5.60 Å². The Morgan fingerprint density at radius 1 is 0.690 bits per heavy atom. The van der Waals surface area contributed by atoms with E-state index >= 15 is 0 Å². The summed E-state index contributed by atoms with van der Waals surface area (Å²) in [6.45, 7) is 0. The first-order valence-electron chi connectivity index (χ1n) is 9.18. The molecule has 0 saturated heterocycles. The van der Waals surface area contributed by atoms with Crippen molar-refractivity contribution in [2.24, 2.45) is 0 Å². The van der Waals surface area contributed by atoms with Gasteiger partial charge in [-0.25, -0.2) is 0 Å². The average Bonchev–Trinajstić information content (AvgIpc) is 3.22. The molecule has 0 fully saturated rings. The summed E-state index contributed by atoms with van der Waals surface area (Å²) in [7, 11) is 4.79. The number of hydrogen-bond acceptors (Lipinski definition) is 5. The van der Waals surface area contributed by atoms with E-state index in [4.69, 9.17) is 18.6 Å². The molecule has 0 spiro atoms. The lowest BCUT2D eigenvalue weighted by atomic mass is 9.84. The van der Waals surface area contributed by atoms with Crippen LogP contribution in [-0.4, -0.2) is 26.4 Å². The van der Waals surface area contributed by atoms with Crippen LogP contribution in [0.15, 0.2) is 77.2 Å². The highest BCUT2D eigenvalue weighted by molar-refractivity contribution is 5.80. The zero-order chi connectivity index (χ0) is 20.4. The van der Waals surface area contributed by atoms with Crippen molar-refractivity contribution >= 4 is 11.0 Å². The Morgan fingerprint density at radius 2 is 1.24 bits per heavy atom. The molecule has 0 amide bonds. The van der Waals surface area contributed by atoms with E-state index in [0.717, 1.165) is 5.39 Å². The molecule has 0 atom stereocenters. The van der Waals surface area contributed by atoms with E-state index in [9.17, 15) is 5.11 Å². The number of hydrogen-bond donors (Lipinski definition) is 1. The molecular formula is C24H22O5. The molecule has 4 rings (SSSR count). The van der Waals surface area contributed by atoms with Crippen LogP contribution >= 0.6 is 0 Å². The van der Waals surface area contributed by atoms with Gasteiger partial charge in [0.1, 0.15) is 28.6 Å². The van der Waals surface area contributed by atoms with Gasteiger partial charge in [0.2, 0.25) is 0 Å². The van der Waals surface area contributed by atoms with Gasteiger partial charge in [0.25, 0.3) is 0 Å². The number of rotatable bonds is 6. The second-order valence-electron chi connectivity index (χ2n) is 6.69. The van der Waals surface area contributed by atoms with Crippen LogP contribution in [0.25, 0.3) is 11.0 Å². The maximum absolute atomic E-state index is 12.1. The van der Waals surface area contributed by atoms with Gasteiger partial charge in [0, 0.05) is 11.5 Å². The standard InChI is InChI=1S/C24H22O5/c1-26-19-8-4-6-17(13-19)24(25,18-7-5-9-20(14-18)27-2)23-12-16-10-11-21(28-3)15-22(16)29-23/h4-15,25H,1-3H3. The third-order valence-corrected chi connectivity index (χ3v) is 5.06. The van der Waals surface area contributed by atoms with Crippen LogP contribution in [0.1, 0.15) is 16.9 Å². The fourth-order valence-electron chi connectivity index (χ4n) is 3.46. The molecule has 0 bridgehead atoms. The van der Waals surface area contributed by atoms with Crippen molar-refractivity contribution in [1.29, 1.82) is 0 Å². The second kappa shape index (κ2) is 7.53. The SMILES string of the molecule is COc1cccc(C(O)(c2cccc(OC)c2)c2cc3ccc(OC)cc3o2)c1. The summed E-state index contributed by atoms with van der Waals surface area (Å²) < 4.78 is 22.2. The van der Waals surface area contributed by atoms with Crippen LogP contribution in [-0.2, 0) is 5.60 Å². The van der Waals surface area contributed by atoms with Crippen molar-refractivity contribution in [1.82, 2.24) is 0 Å². The number of aliphatic hydroxyl groups is 1. The van der Waals surface area contributed by atoms with Crippen molar-refractivity contribution in [3.63, 3.8) is 0 Å². The molecule has 5 heteroatoms. The highest BCUT2D eigenvalue weighted by Gasteiger charge is 2.38. The van der Waals surface area contributed by atoms with E-state index in [1.54, 1.807) is 39.5 Å². The topological polar surface area (TPSA) is 61.1 Å². The molecule has 0 saturated carbocycles. The van der Waals surface area contributed by atoms with Crippen LogP contribution in [0.2, 0.25) is 0 Å². The molecule has 1 aromatic heterocycles. The number of ether oxygens (including phenoxy) is 3. The van der Waals surface area contributed by atoms with E-state index in [0.29, 0.717) is 39.7 Å². The monoisotopic (exact) mass is 390 g/mol. The Bertz CT molecular complexity index is 1100. The van der Waals surface area contributed by atoms with Crippen LogP contribution in [0.3, 0.4) is 0 Å². The van der Waals surface area contributed by atoms with Crippen molar-refractivity contribution in [3.05, 3.63) is 89.7 Å². The zero-order valence-corrected chi connectivity index (χ0v) is 16.5. The van der Waals surface area contributed by atoms with Crippen molar-refractivity contribution in [3.8, 4) is 17.2 Å². The molecule has 148 valence electrons. The van der Waals surface area contributed by atoms with Crippen LogP contribution in [0.5, 0.6) is 17.2 Å². The van der Waals surface area contributed by atoms with E-state index in [-0.39, 0.29) is 0 Å². The zero-order valence-electron chi connectivity index (χ0n) is 16.5. The maximum atomic E-state index is 12.1. The summed E-state index contributed by atoms with van der Waals surface area (Å²) in [5.41, 5.74) is 0.325. The molecule has 0 aliphatic carbocycles. The molecule has 3 aromatic carbocycles. The largest absolute Gasteiger partial charge is 0.497 e. The molecule has 0 unspecified atom stereocenters. The maximum Gasteiger partial charge on any atom is 0.173 e. The molecule has 5 nitrogen and oxygen atoms in total. The van der Waals surface area contributed by atoms with Gasteiger partial charge in [-0.15, -0.1) is 0 Å². The Morgan fingerprint density at radius 3 is 1.79 bits per heavy atom. The van der Waals surface area contributed by atoms with Crippen LogP contribution < -0.4 is 14.2 Å². The van der Waals surface area contributed by atoms with Crippen LogP contribution in [0.4, 0.5) is 0 Å². The molecular weight excluding hydrogens is 368 g/mol. The summed E-state index contributed by atoms with van der Waals surface area (Å²) >= 11 is 0. The fraction of sp³-hybridized carbons (Fsp3) is 0.167. The molecule has 29 heavy (non-hydrogen) atoms. The lowest BCUT2D eigenvalue weighted by Gasteiger charge is -2.28. The predicted molar refractivity (Wildman–Crippen MR) is 111 cm³/mol. The first-order valence-corrected chi connectivity index (χ1v) is 9.18.